The minimum atomic E-state index is -0.947. The lowest BCUT2D eigenvalue weighted by molar-refractivity contribution is -0.136. The number of benzene rings is 1. The van der Waals surface area contributed by atoms with Crippen LogP contribution in [0.5, 0.6) is 11.5 Å². The fourth-order valence-corrected chi connectivity index (χ4v) is 4.16. The van der Waals surface area contributed by atoms with E-state index in [1.54, 1.807) is 6.07 Å². The van der Waals surface area contributed by atoms with Crippen LogP contribution >= 0.6 is 11.3 Å². The molecule has 3 rings (SSSR count). The van der Waals surface area contributed by atoms with Crippen LogP contribution in [0, 0.1) is 11.3 Å². The van der Waals surface area contributed by atoms with Crippen molar-refractivity contribution in [1.29, 1.82) is 5.26 Å². The van der Waals surface area contributed by atoms with Crippen LogP contribution in [0.25, 0.3) is 0 Å². The molecule has 1 heterocycles. The van der Waals surface area contributed by atoms with Crippen molar-refractivity contribution in [3.05, 3.63) is 39.8 Å². The van der Waals surface area contributed by atoms with Crippen LogP contribution < -0.4 is 15.5 Å². The zero-order valence-electron chi connectivity index (χ0n) is 15.1. The van der Waals surface area contributed by atoms with Crippen molar-refractivity contribution in [1.82, 2.24) is 5.43 Å². The number of carbonyl (C=O) groups is 2. The summed E-state index contributed by atoms with van der Waals surface area (Å²) in [5.74, 6) is -1.60. The lowest BCUT2D eigenvalue weighted by atomic mass is 9.96. The number of phenols is 1. The Balaban J connectivity index is 1.63. The second-order valence-corrected chi connectivity index (χ2v) is 7.22. The largest absolute Gasteiger partial charge is 0.504 e. The van der Waals surface area contributed by atoms with E-state index in [-0.39, 0.29) is 11.5 Å². The first-order valence-electron chi connectivity index (χ1n) is 8.59. The predicted octanol–water partition coefficient (Wildman–Crippen LogP) is 2.30. The minimum absolute atomic E-state index is 0.0185. The summed E-state index contributed by atoms with van der Waals surface area (Å²) < 4.78 is 4.99. The molecule has 0 fully saturated rings. The summed E-state index contributed by atoms with van der Waals surface area (Å²) in [6, 6.07) is 6.66. The van der Waals surface area contributed by atoms with Crippen molar-refractivity contribution in [2.75, 3.05) is 12.4 Å². The summed E-state index contributed by atoms with van der Waals surface area (Å²) in [4.78, 5) is 25.2. The van der Waals surface area contributed by atoms with E-state index in [9.17, 15) is 20.0 Å². The number of methoxy groups -OCH3 is 1. The van der Waals surface area contributed by atoms with Gasteiger partial charge in [0.2, 0.25) is 0 Å². The van der Waals surface area contributed by atoms with E-state index in [0.717, 1.165) is 36.1 Å². The van der Waals surface area contributed by atoms with E-state index in [2.05, 4.69) is 21.9 Å². The van der Waals surface area contributed by atoms with E-state index >= 15 is 0 Å². The van der Waals surface area contributed by atoms with Crippen molar-refractivity contribution in [2.24, 2.45) is 5.10 Å². The van der Waals surface area contributed by atoms with Crippen molar-refractivity contribution in [2.45, 2.75) is 25.7 Å². The number of amides is 2. The molecular weight excluding hydrogens is 380 g/mol. The molecule has 0 bridgehead atoms. The molecule has 0 saturated heterocycles. The van der Waals surface area contributed by atoms with Gasteiger partial charge < -0.3 is 15.2 Å². The number of ether oxygens (including phenoxy) is 1. The lowest BCUT2D eigenvalue weighted by Crippen LogP contribution is -2.32. The van der Waals surface area contributed by atoms with E-state index in [4.69, 9.17) is 4.74 Å². The number of phenolic OH excluding ortho intramolecular Hbond substituents is 1. The van der Waals surface area contributed by atoms with Gasteiger partial charge in [0.1, 0.15) is 11.1 Å². The number of nitrogens with zero attached hydrogens (tertiary/aromatic N) is 2. The van der Waals surface area contributed by atoms with Crippen molar-refractivity contribution >= 4 is 34.4 Å². The van der Waals surface area contributed by atoms with Crippen LogP contribution in [-0.2, 0) is 22.4 Å². The minimum Gasteiger partial charge on any atom is -0.504 e. The third-order valence-electron chi connectivity index (χ3n) is 4.30. The molecule has 9 heteroatoms. The molecule has 144 valence electrons. The molecule has 0 aliphatic heterocycles. The van der Waals surface area contributed by atoms with Gasteiger partial charge in [-0.1, -0.05) is 0 Å². The Kier molecular flexibility index (Phi) is 5.91. The van der Waals surface area contributed by atoms with Gasteiger partial charge in [-0.2, -0.15) is 10.4 Å². The van der Waals surface area contributed by atoms with Crippen molar-refractivity contribution < 1.29 is 19.4 Å². The first-order chi connectivity index (χ1) is 13.5. The highest BCUT2D eigenvalue weighted by Gasteiger charge is 2.23. The molecule has 1 aromatic carbocycles. The molecule has 1 aliphatic carbocycles. The maximum Gasteiger partial charge on any atom is 0.329 e. The molecule has 0 atom stereocenters. The monoisotopic (exact) mass is 398 g/mol. The third-order valence-corrected chi connectivity index (χ3v) is 5.51. The Morgan fingerprint density at radius 2 is 2.11 bits per heavy atom. The summed E-state index contributed by atoms with van der Waals surface area (Å²) >= 11 is 1.35. The second kappa shape index (κ2) is 8.54. The number of nitrogens with one attached hydrogen (secondary N) is 2. The maximum absolute atomic E-state index is 12.1. The second-order valence-electron chi connectivity index (χ2n) is 6.11. The predicted molar refractivity (Wildman–Crippen MR) is 105 cm³/mol. The average Bonchev–Trinajstić information content (AvgIpc) is 3.05. The summed E-state index contributed by atoms with van der Waals surface area (Å²) in [6.07, 6.45) is 5.10. The van der Waals surface area contributed by atoms with E-state index in [1.165, 1.54) is 36.8 Å². The van der Waals surface area contributed by atoms with Crippen molar-refractivity contribution in [3.63, 3.8) is 0 Å². The number of nitriles is 1. The number of hydrogen-bond donors (Lipinski definition) is 3. The first-order valence-corrected chi connectivity index (χ1v) is 9.41. The number of hydrazone groups is 1. The molecular formula is C19H18N4O4S. The van der Waals surface area contributed by atoms with Crippen molar-refractivity contribution in [3.8, 4) is 17.6 Å². The molecule has 1 aliphatic rings. The molecule has 0 unspecified atom stereocenters. The highest BCUT2D eigenvalue weighted by atomic mass is 32.1. The Bertz CT molecular complexity index is 991. The SMILES string of the molecule is COc1cc(/C=N\NC(=O)C(=O)Nc2sc3c(c2C#N)CCCC3)ccc1O. The summed E-state index contributed by atoms with van der Waals surface area (Å²) in [5.41, 5.74) is 4.13. The normalized spacial score (nSPS) is 12.9. The number of hydrogen-bond acceptors (Lipinski definition) is 7. The Hall–Kier alpha value is -3.38. The molecule has 28 heavy (non-hydrogen) atoms. The van der Waals surface area contributed by atoms with E-state index in [1.807, 2.05) is 0 Å². The number of fused-ring (bicyclic) bond motifs is 1. The van der Waals surface area contributed by atoms with Gasteiger partial charge in [-0.05, 0) is 55.0 Å². The van der Waals surface area contributed by atoms with Gasteiger partial charge in [-0.15, -0.1) is 11.3 Å². The number of thiophene rings is 1. The number of aromatic hydroxyl groups is 1. The molecule has 8 nitrogen and oxygen atoms in total. The standard InChI is InChI=1S/C19H18N4O4S/c1-27-15-8-11(6-7-14(15)24)10-21-23-18(26)17(25)22-19-13(9-20)12-4-2-3-5-16(12)28-19/h6-8,10,24H,2-5H2,1H3,(H,22,25)(H,23,26)/b21-10-. The number of carbonyl (C=O) groups excluding carboxylic acids is 2. The smallest absolute Gasteiger partial charge is 0.329 e. The van der Waals surface area contributed by atoms with Crippen LogP contribution in [0.3, 0.4) is 0 Å². The maximum atomic E-state index is 12.1. The van der Waals surface area contributed by atoms with Gasteiger partial charge in [0.15, 0.2) is 11.5 Å². The molecule has 3 N–H and O–H groups in total. The zero-order valence-corrected chi connectivity index (χ0v) is 15.9. The fourth-order valence-electron chi connectivity index (χ4n) is 2.92. The topological polar surface area (TPSA) is 124 Å². The van der Waals surface area contributed by atoms with Gasteiger partial charge in [-0.3, -0.25) is 9.59 Å². The van der Waals surface area contributed by atoms with Crippen LogP contribution in [-0.4, -0.2) is 30.2 Å². The van der Waals surface area contributed by atoms with Crippen LogP contribution in [0.2, 0.25) is 0 Å². The summed E-state index contributed by atoms with van der Waals surface area (Å²) in [6.45, 7) is 0. The van der Waals surface area contributed by atoms with Gasteiger partial charge in [-0.25, -0.2) is 5.43 Å². The van der Waals surface area contributed by atoms with Gasteiger partial charge in [0, 0.05) is 4.88 Å². The highest BCUT2D eigenvalue weighted by Crippen LogP contribution is 2.37. The highest BCUT2D eigenvalue weighted by molar-refractivity contribution is 7.16. The Morgan fingerprint density at radius 3 is 2.86 bits per heavy atom. The summed E-state index contributed by atoms with van der Waals surface area (Å²) in [7, 11) is 1.42. The van der Waals surface area contributed by atoms with Gasteiger partial charge in [0.05, 0.1) is 18.9 Å². The van der Waals surface area contributed by atoms with Crippen LogP contribution in [0.15, 0.2) is 23.3 Å². The number of rotatable bonds is 4. The fraction of sp³-hybridized carbons (Fsp3) is 0.263. The van der Waals surface area contributed by atoms with Crippen LogP contribution in [0.4, 0.5) is 5.00 Å². The molecule has 2 amide bonds. The molecule has 2 aromatic rings. The Morgan fingerprint density at radius 1 is 1.32 bits per heavy atom. The molecule has 0 spiro atoms. The van der Waals surface area contributed by atoms with E-state index in [0.29, 0.717) is 16.1 Å². The molecule has 0 saturated carbocycles. The zero-order chi connectivity index (χ0) is 20.1. The molecule has 0 radical (unpaired) electrons. The number of anilines is 1. The Labute approximate surface area is 165 Å². The lowest BCUT2D eigenvalue weighted by Gasteiger charge is -2.09. The third kappa shape index (κ3) is 4.13. The van der Waals surface area contributed by atoms with Crippen LogP contribution in [0.1, 0.15) is 34.4 Å². The van der Waals surface area contributed by atoms with E-state index < -0.39 is 11.8 Å². The molecule has 1 aromatic heterocycles. The first kappa shape index (κ1) is 19.4. The number of aryl methyl sites for hydroxylation is 1. The average molecular weight is 398 g/mol. The quantitative estimate of drug-likeness (QED) is 0.414. The van der Waals surface area contributed by atoms with Gasteiger partial charge >= 0.3 is 11.8 Å². The van der Waals surface area contributed by atoms with Gasteiger partial charge in [0.25, 0.3) is 0 Å². The summed E-state index contributed by atoms with van der Waals surface area (Å²) in [5, 5.41) is 25.6.